The number of carbonyl (C=O) groups excluding carboxylic acids is 1. The number of rotatable bonds is 3. The van der Waals surface area contributed by atoms with E-state index in [2.05, 4.69) is 10.3 Å². The van der Waals surface area contributed by atoms with E-state index in [1.54, 1.807) is 6.92 Å². The molecule has 8 heteroatoms. The van der Waals surface area contributed by atoms with Crippen LogP contribution in [0.15, 0.2) is 17.1 Å². The number of halogens is 3. The number of nitrogens with two attached hydrogens (primary N) is 1. The zero-order valence-corrected chi connectivity index (χ0v) is 12.1. The minimum absolute atomic E-state index is 0.0858. The maximum Gasteiger partial charge on any atom is 0.237 e. The molecule has 108 valence electrons. The Morgan fingerprint density at radius 3 is 2.75 bits per heavy atom. The van der Waals surface area contributed by atoms with Crippen LogP contribution in [0.1, 0.15) is 11.1 Å². The summed E-state index contributed by atoms with van der Waals surface area (Å²) in [6.07, 6.45) is 0. The van der Waals surface area contributed by atoms with Crippen LogP contribution >= 0.6 is 23.4 Å². The number of thioether (sulfide) groups is 1. The smallest absolute Gasteiger partial charge is 0.237 e. The van der Waals surface area contributed by atoms with Gasteiger partial charge in [0.05, 0.1) is 0 Å². The lowest BCUT2D eigenvalue weighted by Gasteiger charge is -2.13. The summed E-state index contributed by atoms with van der Waals surface area (Å²) < 4.78 is 26.1. The zero-order valence-electron chi connectivity index (χ0n) is 10.5. The van der Waals surface area contributed by atoms with Gasteiger partial charge in [0.1, 0.15) is 10.8 Å². The Morgan fingerprint density at radius 2 is 2.15 bits per heavy atom. The van der Waals surface area contributed by atoms with E-state index in [1.807, 2.05) is 0 Å². The van der Waals surface area contributed by atoms with Crippen LogP contribution in [0.25, 0.3) is 0 Å². The third-order valence-corrected chi connectivity index (χ3v) is 4.41. The first-order chi connectivity index (χ1) is 9.38. The number of benzene rings is 1. The molecule has 0 spiro atoms. The van der Waals surface area contributed by atoms with Gasteiger partial charge in [0, 0.05) is 6.54 Å². The van der Waals surface area contributed by atoms with Crippen LogP contribution in [0.2, 0.25) is 0 Å². The maximum atomic E-state index is 13.2. The van der Waals surface area contributed by atoms with Crippen molar-refractivity contribution in [2.24, 2.45) is 10.7 Å². The average molecular weight is 320 g/mol. The van der Waals surface area contributed by atoms with Crippen LogP contribution in [0.3, 0.4) is 0 Å². The Labute approximate surface area is 123 Å². The molecule has 4 nitrogen and oxygen atoms in total. The van der Waals surface area contributed by atoms with Crippen molar-refractivity contribution in [1.82, 2.24) is 5.32 Å². The molecule has 0 aliphatic carbocycles. The molecule has 0 saturated heterocycles. The van der Waals surface area contributed by atoms with Crippen molar-refractivity contribution in [2.45, 2.75) is 24.2 Å². The summed E-state index contributed by atoms with van der Waals surface area (Å²) in [7, 11) is 0. The molecule has 0 radical (unpaired) electrons. The van der Waals surface area contributed by atoms with Crippen molar-refractivity contribution in [2.75, 3.05) is 0 Å². The highest BCUT2D eigenvalue weighted by Crippen LogP contribution is 2.27. The van der Waals surface area contributed by atoms with E-state index in [4.69, 9.17) is 17.3 Å². The van der Waals surface area contributed by atoms with Gasteiger partial charge in [0.15, 0.2) is 16.8 Å². The molecular weight excluding hydrogens is 308 g/mol. The van der Waals surface area contributed by atoms with Crippen molar-refractivity contribution < 1.29 is 13.6 Å². The van der Waals surface area contributed by atoms with Gasteiger partial charge in [-0.25, -0.2) is 13.8 Å². The Kier molecular flexibility index (Phi) is 4.49. The van der Waals surface area contributed by atoms with Gasteiger partial charge in [0.2, 0.25) is 5.91 Å². The van der Waals surface area contributed by atoms with Crippen molar-refractivity contribution in [3.63, 3.8) is 0 Å². The van der Waals surface area contributed by atoms with Crippen molar-refractivity contribution in [1.29, 1.82) is 0 Å². The number of aryl methyl sites for hydroxylation is 1. The highest BCUT2D eigenvalue weighted by Gasteiger charge is 2.33. The topological polar surface area (TPSA) is 67.5 Å². The molecule has 1 aliphatic rings. The van der Waals surface area contributed by atoms with Crippen LogP contribution in [-0.2, 0) is 11.3 Å². The van der Waals surface area contributed by atoms with E-state index in [-0.39, 0.29) is 17.6 Å². The SMILES string of the molecule is Cc1cc(F)c(F)cc1CNC(=O)C1SC(N)=NC1Cl. The molecule has 1 aromatic carbocycles. The summed E-state index contributed by atoms with van der Waals surface area (Å²) in [6, 6.07) is 2.16. The number of amides is 1. The van der Waals surface area contributed by atoms with Gasteiger partial charge in [-0.3, -0.25) is 4.79 Å². The molecule has 1 aliphatic heterocycles. The molecule has 20 heavy (non-hydrogen) atoms. The molecule has 0 bridgehead atoms. The molecule has 1 aromatic rings. The number of hydrogen-bond donors (Lipinski definition) is 2. The van der Waals surface area contributed by atoms with E-state index < -0.39 is 22.4 Å². The standard InChI is InChI=1S/C12H12ClF2N3OS/c1-5-2-7(14)8(15)3-6(5)4-17-11(19)9-10(13)18-12(16)20-9/h2-3,9-10H,4H2,1H3,(H2,16,18)(H,17,19). The first-order valence-corrected chi connectivity index (χ1v) is 7.06. The summed E-state index contributed by atoms with van der Waals surface area (Å²) in [5.74, 6) is -2.20. The predicted octanol–water partition coefficient (Wildman–Crippen LogP) is 1.88. The highest BCUT2D eigenvalue weighted by atomic mass is 35.5. The number of nitrogens with zero attached hydrogens (tertiary/aromatic N) is 1. The summed E-state index contributed by atoms with van der Waals surface area (Å²) in [4.78, 5) is 15.8. The molecule has 1 amide bonds. The van der Waals surface area contributed by atoms with Crippen molar-refractivity contribution in [3.05, 3.63) is 34.9 Å². The quantitative estimate of drug-likeness (QED) is 0.660. The van der Waals surface area contributed by atoms with Gasteiger partial charge in [-0.2, -0.15) is 0 Å². The fraction of sp³-hybridized carbons (Fsp3) is 0.333. The number of alkyl halides is 1. The molecule has 0 fully saturated rings. The summed E-state index contributed by atoms with van der Waals surface area (Å²) in [5.41, 5.74) is 5.82. The Hall–Kier alpha value is -1.34. The van der Waals surface area contributed by atoms with Gasteiger partial charge in [-0.1, -0.05) is 23.4 Å². The average Bonchev–Trinajstić information content (AvgIpc) is 2.71. The van der Waals surface area contributed by atoms with Gasteiger partial charge in [-0.05, 0) is 30.2 Å². The minimum Gasteiger partial charge on any atom is -0.378 e. The second-order valence-electron chi connectivity index (χ2n) is 4.29. The van der Waals surface area contributed by atoms with E-state index in [9.17, 15) is 13.6 Å². The first-order valence-electron chi connectivity index (χ1n) is 5.74. The Bertz CT molecular complexity index is 582. The van der Waals surface area contributed by atoms with Gasteiger partial charge < -0.3 is 11.1 Å². The van der Waals surface area contributed by atoms with Crippen LogP contribution in [0, 0.1) is 18.6 Å². The summed E-state index contributed by atoms with van der Waals surface area (Å²) >= 11 is 6.94. The molecular formula is C12H12ClF2N3OS. The second-order valence-corrected chi connectivity index (χ2v) is 5.90. The molecule has 0 saturated carbocycles. The Balaban J connectivity index is 1.99. The van der Waals surface area contributed by atoms with E-state index in [0.29, 0.717) is 11.1 Å². The second kappa shape index (κ2) is 5.97. The fourth-order valence-electron chi connectivity index (χ4n) is 1.75. The zero-order chi connectivity index (χ0) is 14.9. The monoisotopic (exact) mass is 319 g/mol. The summed E-state index contributed by atoms with van der Waals surface area (Å²) in [6.45, 7) is 1.72. The van der Waals surface area contributed by atoms with Crippen molar-refractivity contribution in [3.8, 4) is 0 Å². The van der Waals surface area contributed by atoms with Crippen LogP contribution in [0.5, 0.6) is 0 Å². The fourth-order valence-corrected chi connectivity index (χ4v) is 2.98. The van der Waals surface area contributed by atoms with E-state index in [0.717, 1.165) is 23.9 Å². The van der Waals surface area contributed by atoms with Gasteiger partial charge in [0.25, 0.3) is 0 Å². The lowest BCUT2D eigenvalue weighted by atomic mass is 10.1. The maximum absolute atomic E-state index is 13.2. The first kappa shape index (κ1) is 15.1. The number of aliphatic imine (C=N–C) groups is 1. The highest BCUT2D eigenvalue weighted by molar-refractivity contribution is 8.15. The van der Waals surface area contributed by atoms with Crippen LogP contribution in [-0.4, -0.2) is 21.8 Å². The molecule has 0 aromatic heterocycles. The van der Waals surface area contributed by atoms with Gasteiger partial charge in [-0.15, -0.1) is 0 Å². The van der Waals surface area contributed by atoms with E-state index in [1.165, 1.54) is 0 Å². The number of carbonyl (C=O) groups is 1. The lowest BCUT2D eigenvalue weighted by Crippen LogP contribution is -2.35. The van der Waals surface area contributed by atoms with E-state index >= 15 is 0 Å². The summed E-state index contributed by atoms with van der Waals surface area (Å²) in [5, 5.41) is 2.27. The number of nitrogens with one attached hydrogen (secondary N) is 1. The molecule has 3 N–H and O–H groups in total. The number of amidine groups is 1. The Morgan fingerprint density at radius 1 is 1.50 bits per heavy atom. The lowest BCUT2D eigenvalue weighted by molar-refractivity contribution is -0.120. The van der Waals surface area contributed by atoms with Crippen LogP contribution in [0.4, 0.5) is 8.78 Å². The molecule has 2 unspecified atom stereocenters. The largest absolute Gasteiger partial charge is 0.378 e. The van der Waals surface area contributed by atoms with Crippen LogP contribution < -0.4 is 11.1 Å². The molecule has 2 atom stereocenters. The number of hydrogen-bond acceptors (Lipinski definition) is 4. The van der Waals surface area contributed by atoms with Crippen molar-refractivity contribution >= 4 is 34.4 Å². The molecule has 2 rings (SSSR count). The third-order valence-electron chi connectivity index (χ3n) is 2.84. The van der Waals surface area contributed by atoms with Gasteiger partial charge >= 0.3 is 0 Å². The normalized spacial score (nSPS) is 21.7. The minimum atomic E-state index is -0.946. The predicted molar refractivity (Wildman–Crippen MR) is 75.6 cm³/mol. The third kappa shape index (κ3) is 3.21. The molecule has 1 heterocycles.